The second-order valence-corrected chi connectivity index (χ2v) is 9.91. The molecule has 0 saturated carbocycles. The summed E-state index contributed by atoms with van der Waals surface area (Å²) < 4.78 is 5.59. The van der Waals surface area contributed by atoms with Crippen molar-refractivity contribution in [1.82, 2.24) is 10.3 Å². The summed E-state index contributed by atoms with van der Waals surface area (Å²) in [7, 11) is 0. The molecule has 1 heterocycles. The van der Waals surface area contributed by atoms with Crippen LogP contribution in [0.25, 0.3) is 16.8 Å². The number of hydrazone groups is 1. The van der Waals surface area contributed by atoms with E-state index in [2.05, 4.69) is 45.0 Å². The number of halogens is 2. The molecule has 5 rings (SSSR count). The number of thiocarbonyl (C=S) groups is 1. The molecule has 5 nitrogen and oxygen atoms in total. The van der Waals surface area contributed by atoms with Gasteiger partial charge >= 0.3 is 0 Å². The number of nitrogens with one attached hydrogen (secondary N) is 2. The monoisotopic (exact) mass is 536 g/mol. The topological polar surface area (TPSA) is 48.9 Å². The molecule has 1 saturated heterocycles. The lowest BCUT2D eigenvalue weighted by Gasteiger charge is -2.31. The summed E-state index contributed by atoms with van der Waals surface area (Å²) in [5.41, 5.74) is 8.48. The van der Waals surface area contributed by atoms with Crippen LogP contribution >= 0.6 is 35.4 Å². The van der Waals surface area contributed by atoms with Crippen LogP contribution in [0.2, 0.25) is 10.0 Å². The molecule has 0 unspecified atom stereocenters. The van der Waals surface area contributed by atoms with Crippen molar-refractivity contribution in [3.8, 4) is 0 Å². The van der Waals surface area contributed by atoms with Gasteiger partial charge in [-0.15, -0.1) is 0 Å². The van der Waals surface area contributed by atoms with Crippen molar-refractivity contribution in [1.29, 1.82) is 0 Å². The first-order valence-electron chi connectivity index (χ1n) is 11.9. The van der Waals surface area contributed by atoms with E-state index >= 15 is 0 Å². The van der Waals surface area contributed by atoms with Crippen LogP contribution in [-0.2, 0) is 4.74 Å². The number of nitrogens with zero attached hydrogens (tertiary/aromatic N) is 2. The first-order valence-corrected chi connectivity index (χ1v) is 13.0. The Morgan fingerprint density at radius 3 is 2.64 bits per heavy atom. The van der Waals surface area contributed by atoms with Crippen LogP contribution in [0.4, 0.5) is 5.69 Å². The fraction of sp³-hybridized carbons (Fsp3) is 0.214. The second-order valence-electron chi connectivity index (χ2n) is 8.66. The quantitative estimate of drug-likeness (QED) is 0.211. The molecule has 0 bridgehead atoms. The molecule has 2 N–H and O–H groups in total. The minimum absolute atomic E-state index is 0.442. The number of allylic oxidation sites excluding steroid dienone is 2. The van der Waals surface area contributed by atoms with Crippen LogP contribution in [0.5, 0.6) is 0 Å². The zero-order chi connectivity index (χ0) is 24.9. The van der Waals surface area contributed by atoms with E-state index in [4.69, 9.17) is 40.2 Å². The lowest BCUT2D eigenvalue weighted by molar-refractivity contribution is 0.0548. The first kappa shape index (κ1) is 24.8. The highest BCUT2D eigenvalue weighted by atomic mass is 35.5. The average Bonchev–Trinajstić information content (AvgIpc) is 3.28. The Hall–Kier alpha value is -2.90. The van der Waals surface area contributed by atoms with E-state index in [-0.39, 0.29) is 0 Å². The molecule has 3 aromatic carbocycles. The predicted octanol–water partition coefficient (Wildman–Crippen LogP) is 6.88. The van der Waals surface area contributed by atoms with Gasteiger partial charge < -0.3 is 15.0 Å². The Bertz CT molecular complexity index is 1370. The lowest BCUT2D eigenvalue weighted by Crippen LogP contribution is -2.36. The molecule has 3 aromatic rings. The van der Waals surface area contributed by atoms with Crippen molar-refractivity contribution in [3.63, 3.8) is 0 Å². The van der Waals surface area contributed by atoms with Crippen LogP contribution < -0.4 is 10.7 Å². The molecule has 184 valence electrons. The van der Waals surface area contributed by atoms with Gasteiger partial charge in [0, 0.05) is 39.9 Å². The van der Waals surface area contributed by atoms with E-state index < -0.39 is 0 Å². The molecular formula is C28H26Cl2N4OS. The fourth-order valence-corrected chi connectivity index (χ4v) is 5.26. The molecule has 0 atom stereocenters. The minimum atomic E-state index is 0.442. The van der Waals surface area contributed by atoms with Gasteiger partial charge in [0.1, 0.15) is 0 Å². The van der Waals surface area contributed by atoms with Gasteiger partial charge in [-0.3, -0.25) is 5.43 Å². The highest BCUT2D eigenvalue weighted by molar-refractivity contribution is 7.80. The van der Waals surface area contributed by atoms with Crippen molar-refractivity contribution in [2.24, 2.45) is 5.10 Å². The molecule has 1 aliphatic carbocycles. The molecule has 1 aliphatic heterocycles. The lowest BCUT2D eigenvalue weighted by atomic mass is 10.1. The van der Waals surface area contributed by atoms with E-state index in [1.54, 1.807) is 6.07 Å². The number of morpholine rings is 1. The molecule has 36 heavy (non-hydrogen) atoms. The maximum atomic E-state index is 6.46. The maximum Gasteiger partial charge on any atom is 0.191 e. The van der Waals surface area contributed by atoms with Crippen LogP contribution in [0.1, 0.15) is 18.4 Å². The molecular weight excluding hydrogens is 511 g/mol. The Balaban J connectivity index is 1.35. The number of anilines is 1. The van der Waals surface area contributed by atoms with Crippen LogP contribution in [-0.4, -0.2) is 42.5 Å². The zero-order valence-corrected chi connectivity index (χ0v) is 22.0. The standard InChI is InChI=1S/C28H26Cl2N4OS/c29-23-11-10-20(25(30)17-23)16-21-8-9-22(27(21)34-12-14-35-15-13-34)18-31-33-28(36)32-26-7-3-5-19-4-1-2-6-24(19)26/h1-7,10-11,16-18H,8-9,12-15H2,(H2,32,33,36)/b21-16-,31-18?. The van der Waals surface area contributed by atoms with Crippen molar-refractivity contribution in [3.05, 3.63) is 93.1 Å². The summed E-state index contributed by atoms with van der Waals surface area (Å²) in [4.78, 5) is 2.38. The Morgan fingerprint density at radius 1 is 1.00 bits per heavy atom. The van der Waals surface area contributed by atoms with E-state index in [0.717, 1.165) is 53.5 Å². The van der Waals surface area contributed by atoms with Crippen molar-refractivity contribution < 1.29 is 4.74 Å². The minimum Gasteiger partial charge on any atom is -0.378 e. The highest BCUT2D eigenvalue weighted by Gasteiger charge is 2.25. The zero-order valence-electron chi connectivity index (χ0n) is 19.6. The highest BCUT2D eigenvalue weighted by Crippen LogP contribution is 2.36. The molecule has 8 heteroatoms. The van der Waals surface area contributed by atoms with Gasteiger partial charge in [0.05, 0.1) is 19.4 Å². The van der Waals surface area contributed by atoms with Gasteiger partial charge in [0.2, 0.25) is 0 Å². The Morgan fingerprint density at radius 2 is 1.81 bits per heavy atom. The average molecular weight is 538 g/mol. The van der Waals surface area contributed by atoms with Gasteiger partial charge in [0.15, 0.2) is 5.11 Å². The third kappa shape index (κ3) is 5.73. The SMILES string of the molecule is S=C(NN=CC1=C(N2CCOCC2)/C(=C\c2ccc(Cl)cc2Cl)CC1)Nc1cccc2ccccc12. The van der Waals surface area contributed by atoms with Crippen molar-refractivity contribution >= 4 is 69.3 Å². The van der Waals surface area contributed by atoms with Crippen molar-refractivity contribution in [2.75, 3.05) is 31.6 Å². The summed E-state index contributed by atoms with van der Waals surface area (Å²) in [5.74, 6) is 0. The van der Waals surface area contributed by atoms with Crippen LogP contribution in [0, 0.1) is 0 Å². The molecule has 0 radical (unpaired) electrons. The normalized spacial score (nSPS) is 17.4. The van der Waals surface area contributed by atoms with Gasteiger partial charge in [-0.1, -0.05) is 65.7 Å². The molecule has 0 amide bonds. The van der Waals surface area contributed by atoms with E-state index in [9.17, 15) is 0 Å². The molecule has 0 spiro atoms. The van der Waals surface area contributed by atoms with Crippen LogP contribution in [0.15, 0.2) is 82.6 Å². The number of benzene rings is 3. The van der Waals surface area contributed by atoms with E-state index in [1.165, 1.54) is 11.3 Å². The van der Waals surface area contributed by atoms with E-state index in [0.29, 0.717) is 28.4 Å². The number of hydrogen-bond donors (Lipinski definition) is 2. The van der Waals surface area contributed by atoms with Crippen molar-refractivity contribution in [2.45, 2.75) is 12.8 Å². The van der Waals surface area contributed by atoms with Gasteiger partial charge in [-0.25, -0.2) is 0 Å². The van der Waals surface area contributed by atoms with Crippen LogP contribution in [0.3, 0.4) is 0 Å². The Kier molecular flexibility index (Phi) is 7.87. The van der Waals surface area contributed by atoms with Gasteiger partial charge in [0.25, 0.3) is 0 Å². The largest absolute Gasteiger partial charge is 0.378 e. The fourth-order valence-electron chi connectivity index (χ4n) is 4.63. The smallest absolute Gasteiger partial charge is 0.191 e. The number of hydrogen-bond acceptors (Lipinski definition) is 4. The number of rotatable bonds is 5. The Labute approximate surface area is 226 Å². The summed E-state index contributed by atoms with van der Waals surface area (Å²) in [5, 5.41) is 11.7. The maximum absolute atomic E-state index is 6.46. The summed E-state index contributed by atoms with van der Waals surface area (Å²) in [6.45, 7) is 3.10. The molecule has 2 aliphatic rings. The predicted molar refractivity (Wildman–Crippen MR) is 155 cm³/mol. The summed E-state index contributed by atoms with van der Waals surface area (Å²) in [6, 6.07) is 19.9. The summed E-state index contributed by atoms with van der Waals surface area (Å²) >= 11 is 18.1. The second kappa shape index (κ2) is 11.4. The molecule has 1 fully saturated rings. The van der Waals surface area contributed by atoms with E-state index in [1.807, 2.05) is 42.6 Å². The summed E-state index contributed by atoms with van der Waals surface area (Å²) in [6.07, 6.45) is 5.83. The molecule has 0 aromatic heterocycles. The number of fused-ring (bicyclic) bond motifs is 1. The third-order valence-corrected chi connectivity index (χ3v) is 7.07. The van der Waals surface area contributed by atoms with Gasteiger partial charge in [-0.05, 0) is 71.4 Å². The van der Waals surface area contributed by atoms with Gasteiger partial charge in [-0.2, -0.15) is 5.10 Å². The number of ether oxygens (including phenoxy) is 1. The third-order valence-electron chi connectivity index (χ3n) is 6.32. The first-order chi connectivity index (χ1) is 17.6.